The number of benzene rings is 1. The van der Waals surface area contributed by atoms with Crippen LogP contribution in [0, 0.1) is 0 Å². The number of rotatable bonds is 8. The fraction of sp³-hybridized carbons (Fsp3) is 0.647. The minimum atomic E-state index is 0.483. The van der Waals surface area contributed by atoms with Gasteiger partial charge < -0.3 is 15.1 Å². The highest BCUT2D eigenvalue weighted by Crippen LogP contribution is 2.27. The molecule has 0 aliphatic carbocycles. The van der Waals surface area contributed by atoms with Crippen LogP contribution in [-0.4, -0.2) is 44.2 Å². The first-order valence-electron chi connectivity index (χ1n) is 7.78. The van der Waals surface area contributed by atoms with Gasteiger partial charge in [-0.3, -0.25) is 0 Å². The summed E-state index contributed by atoms with van der Waals surface area (Å²) < 4.78 is 1.14. The summed E-state index contributed by atoms with van der Waals surface area (Å²) >= 11 is 3.62. The van der Waals surface area contributed by atoms with Crippen molar-refractivity contribution in [3.8, 4) is 0 Å². The summed E-state index contributed by atoms with van der Waals surface area (Å²) in [7, 11) is 4.26. The van der Waals surface area contributed by atoms with Crippen LogP contribution in [0.5, 0.6) is 0 Å². The smallest absolute Gasteiger partial charge is 0.0425 e. The van der Waals surface area contributed by atoms with E-state index in [0.29, 0.717) is 12.1 Å². The zero-order valence-corrected chi connectivity index (χ0v) is 15.9. The summed E-state index contributed by atoms with van der Waals surface area (Å²) in [6.07, 6.45) is 0. The number of hydrogen-bond acceptors (Lipinski definition) is 3. The molecule has 0 bridgehead atoms. The Kier molecular flexibility index (Phi) is 7.71. The molecule has 0 fully saturated rings. The predicted octanol–water partition coefficient (Wildman–Crippen LogP) is 3.72. The second-order valence-electron chi connectivity index (χ2n) is 6.21. The topological polar surface area (TPSA) is 18.5 Å². The first-order valence-corrected chi connectivity index (χ1v) is 8.57. The zero-order chi connectivity index (χ0) is 16.0. The van der Waals surface area contributed by atoms with Crippen LogP contribution < -0.4 is 10.2 Å². The molecule has 1 aromatic rings. The molecule has 0 spiro atoms. The van der Waals surface area contributed by atoms with E-state index in [4.69, 9.17) is 0 Å². The van der Waals surface area contributed by atoms with E-state index < -0.39 is 0 Å². The van der Waals surface area contributed by atoms with Gasteiger partial charge in [0.25, 0.3) is 0 Å². The van der Waals surface area contributed by atoms with Crippen molar-refractivity contribution in [2.24, 2.45) is 0 Å². The molecule has 1 aromatic carbocycles. The van der Waals surface area contributed by atoms with Gasteiger partial charge in [0.15, 0.2) is 0 Å². The van der Waals surface area contributed by atoms with E-state index in [1.165, 1.54) is 11.3 Å². The number of nitrogens with zero attached hydrogens (tertiary/aromatic N) is 2. The highest BCUT2D eigenvalue weighted by Gasteiger charge is 2.17. The molecule has 1 atom stereocenters. The molecule has 1 rings (SSSR count). The van der Waals surface area contributed by atoms with E-state index in [1.807, 2.05) is 0 Å². The van der Waals surface area contributed by atoms with Crippen molar-refractivity contribution in [2.75, 3.05) is 32.1 Å². The van der Waals surface area contributed by atoms with Gasteiger partial charge in [0, 0.05) is 41.9 Å². The molecule has 0 aromatic heterocycles. The van der Waals surface area contributed by atoms with Gasteiger partial charge in [-0.2, -0.15) is 0 Å². The molecule has 0 aliphatic rings. The van der Waals surface area contributed by atoms with Crippen LogP contribution >= 0.6 is 15.9 Å². The van der Waals surface area contributed by atoms with Gasteiger partial charge in [-0.05, 0) is 45.6 Å². The van der Waals surface area contributed by atoms with E-state index in [9.17, 15) is 0 Å². The van der Waals surface area contributed by atoms with Crippen molar-refractivity contribution in [2.45, 2.75) is 46.3 Å². The molecular weight excluding hydrogens is 326 g/mol. The minimum absolute atomic E-state index is 0.483. The highest BCUT2D eigenvalue weighted by molar-refractivity contribution is 9.10. The quantitative estimate of drug-likeness (QED) is 0.766. The van der Waals surface area contributed by atoms with Crippen molar-refractivity contribution in [3.63, 3.8) is 0 Å². The average molecular weight is 356 g/mol. The molecule has 0 radical (unpaired) electrons. The molecule has 0 saturated heterocycles. The van der Waals surface area contributed by atoms with Crippen LogP contribution in [0.2, 0.25) is 0 Å². The fourth-order valence-electron chi connectivity index (χ4n) is 2.61. The summed E-state index contributed by atoms with van der Waals surface area (Å²) in [5.74, 6) is 0. The van der Waals surface area contributed by atoms with Crippen LogP contribution in [-0.2, 0) is 6.54 Å². The lowest BCUT2D eigenvalue weighted by Gasteiger charge is -2.34. The fourth-order valence-corrected chi connectivity index (χ4v) is 2.96. The molecule has 0 aliphatic heterocycles. The Morgan fingerprint density at radius 3 is 2.38 bits per heavy atom. The Hall–Kier alpha value is -0.580. The van der Waals surface area contributed by atoms with Crippen LogP contribution in [0.4, 0.5) is 5.69 Å². The lowest BCUT2D eigenvalue weighted by Crippen LogP contribution is -2.40. The summed E-state index contributed by atoms with van der Waals surface area (Å²) in [6, 6.07) is 7.57. The summed E-state index contributed by atoms with van der Waals surface area (Å²) in [5.41, 5.74) is 2.69. The Bertz CT molecular complexity index is 432. The molecule has 21 heavy (non-hydrogen) atoms. The Morgan fingerprint density at radius 1 is 1.19 bits per heavy atom. The Morgan fingerprint density at radius 2 is 1.86 bits per heavy atom. The minimum Gasteiger partial charge on any atom is -0.368 e. The molecule has 1 N–H and O–H groups in total. The lowest BCUT2D eigenvalue weighted by molar-refractivity contribution is 0.372. The molecule has 0 heterocycles. The van der Waals surface area contributed by atoms with Gasteiger partial charge in [-0.1, -0.05) is 35.8 Å². The van der Waals surface area contributed by atoms with Gasteiger partial charge in [-0.25, -0.2) is 0 Å². The Labute approximate surface area is 138 Å². The van der Waals surface area contributed by atoms with Crippen molar-refractivity contribution in [3.05, 3.63) is 28.2 Å². The third kappa shape index (κ3) is 5.97. The van der Waals surface area contributed by atoms with Gasteiger partial charge in [0.2, 0.25) is 0 Å². The van der Waals surface area contributed by atoms with Crippen molar-refractivity contribution < 1.29 is 0 Å². The third-order valence-corrected chi connectivity index (χ3v) is 4.05. The van der Waals surface area contributed by atoms with Crippen molar-refractivity contribution in [1.82, 2.24) is 10.2 Å². The molecular formula is C17H30BrN3. The van der Waals surface area contributed by atoms with Crippen LogP contribution in [0.1, 0.15) is 33.3 Å². The number of nitrogens with one attached hydrogen (secondary N) is 1. The maximum absolute atomic E-state index is 3.62. The molecule has 120 valence electrons. The number of halogens is 1. The van der Waals surface area contributed by atoms with Crippen molar-refractivity contribution in [1.29, 1.82) is 0 Å². The number of hydrogen-bond donors (Lipinski definition) is 1. The highest BCUT2D eigenvalue weighted by atomic mass is 79.9. The summed E-state index contributed by atoms with van der Waals surface area (Å²) in [5, 5.41) is 3.53. The standard InChI is InChI=1S/C17H30BrN3/c1-7-21(14(4)12-20(5)6)17-10-16(18)9-8-15(17)11-19-13(2)3/h8-10,13-14,19H,7,11-12H2,1-6H3. The monoisotopic (exact) mass is 355 g/mol. The number of anilines is 1. The zero-order valence-electron chi connectivity index (χ0n) is 14.3. The molecule has 0 amide bonds. The van der Waals surface area contributed by atoms with Gasteiger partial charge in [-0.15, -0.1) is 0 Å². The first-order chi connectivity index (χ1) is 9.85. The second kappa shape index (κ2) is 8.76. The van der Waals surface area contributed by atoms with Gasteiger partial charge >= 0.3 is 0 Å². The summed E-state index contributed by atoms with van der Waals surface area (Å²) in [6.45, 7) is 11.9. The van der Waals surface area contributed by atoms with Crippen LogP contribution in [0.3, 0.4) is 0 Å². The average Bonchev–Trinajstić information content (AvgIpc) is 2.37. The van der Waals surface area contributed by atoms with E-state index >= 15 is 0 Å². The molecule has 1 unspecified atom stereocenters. The van der Waals surface area contributed by atoms with E-state index in [-0.39, 0.29) is 0 Å². The largest absolute Gasteiger partial charge is 0.368 e. The van der Waals surface area contributed by atoms with Crippen molar-refractivity contribution >= 4 is 21.6 Å². The number of likely N-dealkylation sites (N-methyl/N-ethyl adjacent to an activating group) is 2. The maximum Gasteiger partial charge on any atom is 0.0425 e. The lowest BCUT2D eigenvalue weighted by atomic mass is 10.1. The van der Waals surface area contributed by atoms with E-state index in [1.54, 1.807) is 0 Å². The second-order valence-corrected chi connectivity index (χ2v) is 7.12. The van der Waals surface area contributed by atoms with Gasteiger partial charge in [0.1, 0.15) is 0 Å². The predicted molar refractivity (Wildman–Crippen MR) is 97.2 cm³/mol. The van der Waals surface area contributed by atoms with E-state index in [0.717, 1.165) is 24.1 Å². The first kappa shape index (κ1) is 18.5. The Balaban J connectivity index is 3.02. The molecule has 4 heteroatoms. The molecule has 3 nitrogen and oxygen atoms in total. The van der Waals surface area contributed by atoms with Gasteiger partial charge in [0.05, 0.1) is 0 Å². The summed E-state index contributed by atoms with van der Waals surface area (Å²) in [4.78, 5) is 4.74. The van der Waals surface area contributed by atoms with E-state index in [2.05, 4.69) is 91.0 Å². The SMILES string of the molecule is CCN(c1cc(Br)ccc1CNC(C)C)C(C)CN(C)C. The molecule has 0 saturated carbocycles. The van der Waals surface area contributed by atoms with Crippen LogP contribution in [0.15, 0.2) is 22.7 Å². The normalized spacial score (nSPS) is 13.0. The van der Waals surface area contributed by atoms with Crippen LogP contribution in [0.25, 0.3) is 0 Å². The maximum atomic E-state index is 3.62. The third-order valence-electron chi connectivity index (χ3n) is 3.56.